The molecule has 0 rings (SSSR count). The van der Waals surface area contributed by atoms with E-state index >= 15 is 0 Å². The normalized spacial score (nSPS) is 15.5. The lowest BCUT2D eigenvalue weighted by atomic mass is 9.93. The predicted molar refractivity (Wildman–Crippen MR) is 71.9 cm³/mol. The van der Waals surface area contributed by atoms with Crippen molar-refractivity contribution in [3.63, 3.8) is 0 Å². The number of phosphoric acid groups is 1. The molecule has 1 unspecified atom stereocenters. The molecule has 0 bridgehead atoms. The third-order valence-electron chi connectivity index (χ3n) is 1.49. The van der Waals surface area contributed by atoms with Gasteiger partial charge in [0.05, 0.1) is 12.2 Å². The Bertz CT molecular complexity index is 238. The van der Waals surface area contributed by atoms with E-state index in [1.54, 1.807) is 20.8 Å². The van der Waals surface area contributed by atoms with Crippen LogP contribution < -0.4 is 4.89 Å². The van der Waals surface area contributed by atoms with Gasteiger partial charge in [0.1, 0.15) is 0 Å². The fraction of sp³-hybridized carbons (Fsp3) is 1.00. The first-order valence-corrected chi connectivity index (χ1v) is 6.54. The number of phosphoric ester groups is 1. The molecule has 0 aliphatic carbocycles. The Kier molecular flexibility index (Phi) is 9.87. The van der Waals surface area contributed by atoms with Gasteiger partial charge in [0.15, 0.2) is 0 Å². The van der Waals surface area contributed by atoms with Crippen LogP contribution in [0.15, 0.2) is 0 Å². The quantitative estimate of drug-likeness (QED) is 0.724. The van der Waals surface area contributed by atoms with E-state index < -0.39 is 13.4 Å². The van der Waals surface area contributed by atoms with E-state index in [1.807, 2.05) is 20.8 Å². The average Bonchev–Trinajstić information content (AvgIpc) is 1.75. The molecule has 1 atom stereocenters. The Morgan fingerprint density at radius 3 is 1.76 bits per heavy atom. The van der Waals surface area contributed by atoms with E-state index in [1.165, 1.54) is 0 Å². The van der Waals surface area contributed by atoms with Gasteiger partial charge in [-0.3, -0.25) is 4.57 Å². The topological polar surface area (TPSA) is 58.6 Å². The zero-order chi connectivity index (χ0) is 12.3. The van der Waals surface area contributed by atoms with E-state index in [0.29, 0.717) is 6.42 Å². The van der Waals surface area contributed by atoms with Gasteiger partial charge in [-0.2, -0.15) is 0 Å². The third-order valence-corrected chi connectivity index (χ3v) is 2.76. The maximum atomic E-state index is 11.3. The molecular weight excluding hydrogens is 239 g/mol. The Labute approximate surface area is 107 Å². The lowest BCUT2D eigenvalue weighted by molar-refractivity contribution is -0.234. The van der Waals surface area contributed by atoms with Crippen molar-refractivity contribution in [1.29, 1.82) is 0 Å². The lowest BCUT2D eigenvalue weighted by Gasteiger charge is -2.31. The highest BCUT2D eigenvalue weighted by molar-refractivity contribution is 7.45. The van der Waals surface area contributed by atoms with Crippen molar-refractivity contribution in [3.05, 3.63) is 0 Å². The van der Waals surface area contributed by atoms with Gasteiger partial charge in [0.2, 0.25) is 0 Å². The summed E-state index contributed by atoms with van der Waals surface area (Å²) in [4.78, 5) is 11.3. The summed E-state index contributed by atoms with van der Waals surface area (Å²) in [7, 11) is -4.15. The molecule has 5 heteroatoms. The Morgan fingerprint density at radius 1 is 1.06 bits per heavy atom. The molecule has 0 fully saturated rings. The molecule has 0 aromatic rings. The van der Waals surface area contributed by atoms with Crippen molar-refractivity contribution in [2.45, 2.75) is 68.4 Å². The summed E-state index contributed by atoms with van der Waals surface area (Å²) in [5.74, 6) is 0. The van der Waals surface area contributed by atoms with Crippen LogP contribution in [-0.4, -0.2) is 12.2 Å². The first-order chi connectivity index (χ1) is 6.41. The molecule has 0 aromatic carbocycles. The molecule has 4 nitrogen and oxygen atoms in total. The van der Waals surface area contributed by atoms with Crippen molar-refractivity contribution >= 4 is 7.82 Å². The van der Waals surface area contributed by atoms with Gasteiger partial charge in [0, 0.05) is 0 Å². The van der Waals surface area contributed by atoms with Crippen LogP contribution in [0.2, 0.25) is 0 Å². The number of hydrogen-bond acceptors (Lipinski definition) is 4. The Morgan fingerprint density at radius 2 is 1.47 bits per heavy atom. The fourth-order valence-electron chi connectivity index (χ4n) is 0.825. The highest BCUT2D eigenvalue weighted by atomic mass is 31.2. The van der Waals surface area contributed by atoms with Crippen LogP contribution in [0.25, 0.3) is 0 Å². The van der Waals surface area contributed by atoms with Gasteiger partial charge in [0.25, 0.3) is 7.82 Å². The largest absolute Gasteiger partial charge is 0.756 e. The highest BCUT2D eigenvalue weighted by Crippen LogP contribution is 2.43. The minimum atomic E-state index is -4.15. The number of rotatable bonds is 4. The van der Waals surface area contributed by atoms with Crippen molar-refractivity contribution in [1.82, 2.24) is 0 Å². The van der Waals surface area contributed by atoms with Crippen molar-refractivity contribution < 1.29 is 18.5 Å². The van der Waals surface area contributed by atoms with E-state index in [4.69, 9.17) is 9.05 Å². The predicted octanol–water partition coefficient (Wildman–Crippen LogP) is 3.99. The molecule has 0 saturated heterocycles. The van der Waals surface area contributed by atoms with Crippen LogP contribution in [0.5, 0.6) is 0 Å². The molecule has 0 heterocycles. The summed E-state index contributed by atoms with van der Waals surface area (Å²) in [6, 6.07) is 0. The summed E-state index contributed by atoms with van der Waals surface area (Å²) in [6.07, 6.45) is 0.673. The lowest BCUT2D eigenvalue weighted by Crippen LogP contribution is -2.23. The summed E-state index contributed by atoms with van der Waals surface area (Å²) in [5, 5.41) is 0. The Balaban J connectivity index is -0.000000980. The molecular formula is C12H30O4P-. The molecule has 0 spiro atoms. The second kappa shape index (κ2) is 7.52. The van der Waals surface area contributed by atoms with Crippen LogP contribution in [-0.2, 0) is 13.6 Å². The van der Waals surface area contributed by atoms with Gasteiger partial charge >= 0.3 is 0 Å². The van der Waals surface area contributed by atoms with Gasteiger partial charge in [-0.1, -0.05) is 35.6 Å². The maximum Gasteiger partial charge on any atom is 0.268 e. The molecule has 17 heavy (non-hydrogen) atoms. The van der Waals surface area contributed by atoms with Crippen LogP contribution in [0, 0.1) is 5.41 Å². The second-order valence-corrected chi connectivity index (χ2v) is 7.13. The second-order valence-electron chi connectivity index (χ2n) is 5.79. The van der Waals surface area contributed by atoms with Gasteiger partial charge in [-0.05, 0) is 32.6 Å². The standard InChI is InChI=1S/C10H23O4P.2CH4/c1-9(2,3)7-8-13-15(11,12)14-10(4,5)6;;/h7-8H2,1-6H3,(H,11,12);2*1H4/p-1. The van der Waals surface area contributed by atoms with E-state index in [2.05, 4.69) is 0 Å². The minimum Gasteiger partial charge on any atom is -0.756 e. The first kappa shape index (κ1) is 22.3. The van der Waals surface area contributed by atoms with Crippen molar-refractivity contribution in [2.75, 3.05) is 6.61 Å². The van der Waals surface area contributed by atoms with Crippen LogP contribution in [0.3, 0.4) is 0 Å². The van der Waals surface area contributed by atoms with Gasteiger partial charge < -0.3 is 13.9 Å². The third kappa shape index (κ3) is 16.1. The van der Waals surface area contributed by atoms with Gasteiger partial charge in [-0.25, -0.2) is 0 Å². The molecule has 0 N–H and O–H groups in total. The fourth-order valence-corrected chi connectivity index (χ4v) is 1.86. The molecule has 0 amide bonds. The molecule has 0 radical (unpaired) electrons. The van der Waals surface area contributed by atoms with Crippen molar-refractivity contribution in [2.24, 2.45) is 5.41 Å². The van der Waals surface area contributed by atoms with E-state index in [0.717, 1.165) is 0 Å². The molecule has 0 aromatic heterocycles. The van der Waals surface area contributed by atoms with Crippen molar-refractivity contribution in [3.8, 4) is 0 Å². The molecule has 0 aliphatic heterocycles. The molecule has 108 valence electrons. The van der Waals surface area contributed by atoms with Crippen LogP contribution in [0.4, 0.5) is 0 Å². The van der Waals surface area contributed by atoms with E-state index in [9.17, 15) is 9.46 Å². The van der Waals surface area contributed by atoms with E-state index in [-0.39, 0.29) is 26.9 Å². The van der Waals surface area contributed by atoms with Gasteiger partial charge in [-0.15, -0.1) is 0 Å². The minimum absolute atomic E-state index is 0. The highest BCUT2D eigenvalue weighted by Gasteiger charge is 2.21. The zero-order valence-electron chi connectivity index (χ0n) is 10.5. The summed E-state index contributed by atoms with van der Waals surface area (Å²) < 4.78 is 20.9. The number of hydrogen-bond donors (Lipinski definition) is 0. The SMILES string of the molecule is C.C.CC(C)(C)CCOP(=O)([O-])OC(C)(C)C. The summed E-state index contributed by atoms with van der Waals surface area (Å²) in [5.41, 5.74) is -0.680. The first-order valence-electron chi connectivity index (χ1n) is 5.08. The maximum absolute atomic E-state index is 11.3. The average molecular weight is 269 g/mol. The Hall–Kier alpha value is 0.110. The molecule has 0 saturated carbocycles. The van der Waals surface area contributed by atoms with Crippen LogP contribution in [0.1, 0.15) is 62.8 Å². The smallest absolute Gasteiger partial charge is 0.268 e. The summed E-state index contributed by atoms with van der Waals surface area (Å²) >= 11 is 0. The summed E-state index contributed by atoms with van der Waals surface area (Å²) in [6.45, 7) is 11.3. The zero-order valence-corrected chi connectivity index (χ0v) is 11.4. The monoisotopic (exact) mass is 269 g/mol. The molecule has 0 aliphatic rings. The van der Waals surface area contributed by atoms with Crippen LogP contribution >= 0.6 is 7.82 Å².